The molecule has 4 aromatic carbocycles. The van der Waals surface area contributed by atoms with Gasteiger partial charge in [0.2, 0.25) is 0 Å². The second-order valence-corrected chi connectivity index (χ2v) is 15.9. The maximum absolute atomic E-state index is 12.6. The van der Waals surface area contributed by atoms with Crippen LogP contribution in [0.3, 0.4) is 0 Å². The monoisotopic (exact) mass is 792 g/mol. The van der Waals surface area contributed by atoms with Gasteiger partial charge in [-0.25, -0.2) is 9.97 Å². The summed E-state index contributed by atoms with van der Waals surface area (Å²) in [5, 5.41) is 2.25. The van der Waals surface area contributed by atoms with Crippen molar-refractivity contribution in [3.05, 3.63) is 144 Å². The van der Waals surface area contributed by atoms with Crippen LogP contribution < -0.4 is 9.47 Å². The summed E-state index contributed by atoms with van der Waals surface area (Å²) in [6.07, 6.45) is 12.9. The number of esters is 2. The number of ether oxygens (including phenoxy) is 4. The SMILES string of the molecule is COC(=O)C(c1ccc(OCc2ccc3ccccc3n2)cc1)C1CCCCC1.COC(=O)C(c1ccc(OCc2ccc3ccccc3n2)cc1)C1CCCCCC1. The Kier molecular flexibility index (Phi) is 14.6. The number of para-hydroxylation sites is 2. The lowest BCUT2D eigenvalue weighted by Gasteiger charge is -2.28. The van der Waals surface area contributed by atoms with E-state index in [1.54, 1.807) is 0 Å². The molecule has 8 heteroatoms. The van der Waals surface area contributed by atoms with Crippen LogP contribution in [0.4, 0.5) is 0 Å². The van der Waals surface area contributed by atoms with Gasteiger partial charge in [0.15, 0.2) is 0 Å². The van der Waals surface area contributed by atoms with E-state index >= 15 is 0 Å². The van der Waals surface area contributed by atoms with Gasteiger partial charge in [-0.05, 0) is 97.2 Å². The number of nitrogens with zero attached hydrogens (tertiary/aromatic N) is 2. The summed E-state index contributed by atoms with van der Waals surface area (Å²) >= 11 is 0. The molecule has 2 heterocycles. The molecule has 2 atom stereocenters. The molecule has 306 valence electrons. The van der Waals surface area contributed by atoms with Gasteiger partial charge < -0.3 is 18.9 Å². The van der Waals surface area contributed by atoms with E-state index in [4.69, 9.17) is 18.9 Å². The zero-order chi connectivity index (χ0) is 40.8. The van der Waals surface area contributed by atoms with Crippen molar-refractivity contribution < 1.29 is 28.5 Å². The third-order valence-electron chi connectivity index (χ3n) is 12.0. The molecule has 2 aliphatic carbocycles. The zero-order valence-electron chi connectivity index (χ0n) is 34.4. The van der Waals surface area contributed by atoms with Gasteiger partial charge in [-0.2, -0.15) is 0 Å². The molecule has 6 aromatic rings. The molecule has 8 rings (SSSR count). The number of methoxy groups -OCH3 is 2. The van der Waals surface area contributed by atoms with Crippen molar-refractivity contribution in [2.75, 3.05) is 14.2 Å². The summed E-state index contributed by atoms with van der Waals surface area (Å²) in [6.45, 7) is 0.820. The Morgan fingerprint density at radius 3 is 1.25 bits per heavy atom. The highest BCUT2D eigenvalue weighted by Crippen LogP contribution is 2.38. The molecule has 0 saturated heterocycles. The number of fused-ring (bicyclic) bond motifs is 2. The minimum atomic E-state index is -0.190. The third-order valence-corrected chi connectivity index (χ3v) is 12.0. The standard InChI is InChI=1S/C26H29NO3.C25H27NO3/c1-29-26(28)25(20-9-4-2-3-5-10-20)21-13-16-23(17-14-21)30-18-22-15-12-19-8-6-7-11-24(19)27-22;1-28-25(27)24(19-8-3-2-4-9-19)20-12-15-22(16-13-20)29-17-21-14-11-18-7-5-6-10-23(18)26-21/h6-8,11-17,20,25H,2-5,9-10,18H2,1H3;5-7,10-16,19,24H,2-4,8-9,17H2,1H3. The number of carbonyl (C=O) groups is 2. The quantitative estimate of drug-likeness (QED) is 0.0893. The maximum Gasteiger partial charge on any atom is 0.313 e. The average Bonchev–Trinajstić information content (AvgIpc) is 3.58. The number of rotatable bonds is 12. The van der Waals surface area contributed by atoms with Crippen molar-refractivity contribution in [1.29, 1.82) is 0 Å². The van der Waals surface area contributed by atoms with Crippen LogP contribution in [0, 0.1) is 11.8 Å². The normalized spacial score (nSPS) is 15.9. The van der Waals surface area contributed by atoms with Gasteiger partial charge >= 0.3 is 11.9 Å². The van der Waals surface area contributed by atoms with E-state index in [0.29, 0.717) is 25.0 Å². The van der Waals surface area contributed by atoms with E-state index < -0.39 is 0 Å². The smallest absolute Gasteiger partial charge is 0.313 e. The van der Waals surface area contributed by atoms with Crippen molar-refractivity contribution >= 4 is 33.7 Å². The molecule has 0 N–H and O–H groups in total. The van der Waals surface area contributed by atoms with Gasteiger partial charge in [-0.1, -0.05) is 118 Å². The lowest BCUT2D eigenvalue weighted by atomic mass is 9.77. The van der Waals surface area contributed by atoms with E-state index in [1.807, 2.05) is 97.1 Å². The van der Waals surface area contributed by atoms with Crippen LogP contribution in [-0.2, 0) is 32.3 Å². The van der Waals surface area contributed by atoms with Crippen LogP contribution in [-0.4, -0.2) is 36.1 Å². The van der Waals surface area contributed by atoms with E-state index in [1.165, 1.54) is 59.2 Å². The lowest BCUT2D eigenvalue weighted by molar-refractivity contribution is -0.145. The van der Waals surface area contributed by atoms with Crippen LogP contribution in [0.25, 0.3) is 21.8 Å². The largest absolute Gasteiger partial charge is 0.487 e. The Hall–Kier alpha value is -5.76. The summed E-state index contributed by atoms with van der Waals surface area (Å²) in [4.78, 5) is 34.3. The van der Waals surface area contributed by atoms with Gasteiger partial charge in [0.05, 0.1) is 48.5 Å². The predicted octanol–water partition coefficient (Wildman–Crippen LogP) is 11.7. The molecule has 2 unspecified atom stereocenters. The van der Waals surface area contributed by atoms with Crippen molar-refractivity contribution in [1.82, 2.24) is 9.97 Å². The third kappa shape index (κ3) is 11.0. The van der Waals surface area contributed by atoms with E-state index in [2.05, 4.69) is 34.2 Å². The molecule has 0 spiro atoms. The van der Waals surface area contributed by atoms with Gasteiger partial charge in [-0.15, -0.1) is 0 Å². The van der Waals surface area contributed by atoms with Crippen molar-refractivity contribution in [3.63, 3.8) is 0 Å². The van der Waals surface area contributed by atoms with Crippen LogP contribution in [0.1, 0.15) is 105 Å². The second kappa shape index (κ2) is 20.8. The van der Waals surface area contributed by atoms with Crippen LogP contribution in [0.2, 0.25) is 0 Å². The molecule has 2 fully saturated rings. The molecular weight excluding hydrogens is 737 g/mol. The molecule has 59 heavy (non-hydrogen) atoms. The number of pyridine rings is 2. The van der Waals surface area contributed by atoms with Crippen LogP contribution in [0.15, 0.2) is 121 Å². The van der Waals surface area contributed by atoms with E-state index in [0.717, 1.165) is 81.5 Å². The molecule has 2 aliphatic rings. The molecule has 0 amide bonds. The first kappa shape index (κ1) is 41.4. The van der Waals surface area contributed by atoms with E-state index in [9.17, 15) is 9.59 Å². The molecule has 0 radical (unpaired) electrons. The fourth-order valence-electron chi connectivity index (χ4n) is 8.80. The van der Waals surface area contributed by atoms with Gasteiger partial charge in [-0.3, -0.25) is 9.59 Å². The Morgan fingerprint density at radius 2 is 0.864 bits per heavy atom. The van der Waals surface area contributed by atoms with Crippen molar-refractivity contribution in [2.45, 2.75) is 95.7 Å². The van der Waals surface area contributed by atoms with Gasteiger partial charge in [0, 0.05) is 10.8 Å². The molecule has 8 nitrogen and oxygen atoms in total. The lowest BCUT2D eigenvalue weighted by Crippen LogP contribution is -2.25. The first-order chi connectivity index (χ1) is 29.0. The minimum absolute atomic E-state index is 0.129. The molecule has 0 bridgehead atoms. The molecule has 0 aliphatic heterocycles. The summed E-state index contributed by atoms with van der Waals surface area (Å²) < 4.78 is 22.1. The Bertz CT molecular complexity index is 2260. The first-order valence-corrected chi connectivity index (χ1v) is 21.3. The Labute approximate surface area is 348 Å². The van der Waals surface area contributed by atoms with Crippen LogP contribution >= 0.6 is 0 Å². The summed E-state index contributed by atoms with van der Waals surface area (Å²) in [6, 6.07) is 40.0. The summed E-state index contributed by atoms with van der Waals surface area (Å²) in [7, 11) is 2.96. The average molecular weight is 793 g/mol. The fraction of sp³-hybridized carbons (Fsp3) is 0.373. The molecule has 2 aromatic heterocycles. The topological polar surface area (TPSA) is 96.8 Å². The highest BCUT2D eigenvalue weighted by Gasteiger charge is 2.32. The van der Waals surface area contributed by atoms with Crippen LogP contribution in [0.5, 0.6) is 11.5 Å². The van der Waals surface area contributed by atoms with Gasteiger partial charge in [0.1, 0.15) is 24.7 Å². The number of hydrogen-bond acceptors (Lipinski definition) is 8. The highest BCUT2D eigenvalue weighted by molar-refractivity contribution is 5.80. The number of hydrogen-bond donors (Lipinski definition) is 0. The number of carbonyl (C=O) groups excluding carboxylic acids is 2. The van der Waals surface area contributed by atoms with E-state index in [-0.39, 0.29) is 23.8 Å². The minimum Gasteiger partial charge on any atom is -0.487 e. The molecule has 2 saturated carbocycles. The predicted molar refractivity (Wildman–Crippen MR) is 232 cm³/mol. The summed E-state index contributed by atoms with van der Waals surface area (Å²) in [5.74, 6) is 1.63. The molecular formula is C51H56N2O6. The number of aromatic nitrogens is 2. The Balaban J connectivity index is 0.000000179. The number of benzene rings is 4. The fourth-order valence-corrected chi connectivity index (χ4v) is 8.80. The highest BCUT2D eigenvalue weighted by atomic mass is 16.5. The summed E-state index contributed by atoms with van der Waals surface area (Å²) in [5.41, 5.74) is 5.76. The van der Waals surface area contributed by atoms with Crippen molar-refractivity contribution in [3.8, 4) is 11.5 Å². The second-order valence-electron chi connectivity index (χ2n) is 15.9. The first-order valence-electron chi connectivity index (χ1n) is 21.3. The van der Waals surface area contributed by atoms with Crippen molar-refractivity contribution in [2.24, 2.45) is 11.8 Å². The zero-order valence-corrected chi connectivity index (χ0v) is 34.4. The Morgan fingerprint density at radius 1 is 0.492 bits per heavy atom. The maximum atomic E-state index is 12.6. The van der Waals surface area contributed by atoms with Gasteiger partial charge in [0.25, 0.3) is 0 Å².